The SMILES string of the molecule is CCN(C(=O)CCSCCC(F)(F)F)c1cn(-c2cccnc2)nc1Br. The van der Waals surface area contributed by atoms with E-state index < -0.39 is 12.6 Å². The Morgan fingerprint density at radius 3 is 2.77 bits per heavy atom. The number of hydrogen-bond acceptors (Lipinski definition) is 4. The maximum atomic E-state index is 12.5. The van der Waals surface area contributed by atoms with Gasteiger partial charge in [-0.2, -0.15) is 30.0 Å². The standard InChI is InChI=1S/C16H18BrF3N4OS/c1-2-23(14(25)5-8-26-9-6-16(18,19)20)13-11-24(22-15(13)17)12-4-3-7-21-10-12/h3-4,7,10-11H,2,5-6,8-9H2,1H3. The molecule has 0 N–H and O–H groups in total. The van der Waals surface area contributed by atoms with Crippen molar-refractivity contribution in [2.75, 3.05) is 23.0 Å². The molecule has 0 fully saturated rings. The number of alkyl halides is 3. The third-order valence-electron chi connectivity index (χ3n) is 3.46. The molecule has 2 heterocycles. The Labute approximate surface area is 162 Å². The van der Waals surface area contributed by atoms with E-state index in [2.05, 4.69) is 26.0 Å². The number of rotatable bonds is 8. The second kappa shape index (κ2) is 9.40. The molecule has 142 valence electrons. The first-order chi connectivity index (χ1) is 12.3. The summed E-state index contributed by atoms with van der Waals surface area (Å²) in [5.74, 6) is 0.157. The topological polar surface area (TPSA) is 51.0 Å². The number of carbonyl (C=O) groups is 1. The number of aromatic nitrogens is 3. The summed E-state index contributed by atoms with van der Waals surface area (Å²) in [6.07, 6.45) is 0.199. The number of hydrogen-bond donors (Lipinski definition) is 0. The van der Waals surface area contributed by atoms with Crippen LogP contribution in [-0.2, 0) is 4.79 Å². The number of carbonyl (C=O) groups excluding carboxylic acids is 1. The molecular formula is C16H18BrF3N4OS. The highest BCUT2D eigenvalue weighted by atomic mass is 79.9. The molecule has 2 aromatic heterocycles. The maximum Gasteiger partial charge on any atom is 0.389 e. The fourth-order valence-electron chi connectivity index (χ4n) is 2.21. The van der Waals surface area contributed by atoms with Crippen LogP contribution in [0.25, 0.3) is 5.69 Å². The van der Waals surface area contributed by atoms with Crippen molar-refractivity contribution in [1.82, 2.24) is 14.8 Å². The van der Waals surface area contributed by atoms with E-state index in [1.54, 1.807) is 34.2 Å². The summed E-state index contributed by atoms with van der Waals surface area (Å²) in [5, 5.41) is 4.34. The quantitative estimate of drug-likeness (QED) is 0.557. The molecule has 2 rings (SSSR count). The van der Waals surface area contributed by atoms with E-state index in [1.807, 2.05) is 13.0 Å². The predicted octanol–water partition coefficient (Wildman–Crippen LogP) is 4.46. The number of anilines is 1. The van der Waals surface area contributed by atoms with E-state index in [-0.39, 0.29) is 18.1 Å². The van der Waals surface area contributed by atoms with Crippen LogP contribution in [0.15, 0.2) is 35.3 Å². The number of pyridine rings is 1. The van der Waals surface area contributed by atoms with E-state index in [4.69, 9.17) is 0 Å². The van der Waals surface area contributed by atoms with Crippen molar-refractivity contribution in [3.05, 3.63) is 35.3 Å². The molecule has 0 aliphatic rings. The lowest BCUT2D eigenvalue weighted by Crippen LogP contribution is -2.30. The Bertz CT molecular complexity index is 724. The minimum absolute atomic E-state index is 0.0362. The fraction of sp³-hybridized carbons (Fsp3) is 0.438. The second-order valence-corrected chi connectivity index (χ2v) is 7.30. The van der Waals surface area contributed by atoms with Crippen molar-refractivity contribution < 1.29 is 18.0 Å². The first-order valence-electron chi connectivity index (χ1n) is 7.92. The Morgan fingerprint density at radius 2 is 2.15 bits per heavy atom. The summed E-state index contributed by atoms with van der Waals surface area (Å²) in [6.45, 7) is 2.27. The van der Waals surface area contributed by atoms with Crippen LogP contribution in [-0.4, -0.2) is 44.9 Å². The lowest BCUT2D eigenvalue weighted by Gasteiger charge is -2.19. The minimum atomic E-state index is -4.15. The highest BCUT2D eigenvalue weighted by Gasteiger charge is 2.26. The third kappa shape index (κ3) is 6.01. The summed E-state index contributed by atoms with van der Waals surface area (Å²) in [7, 11) is 0. The van der Waals surface area contributed by atoms with Gasteiger partial charge in [0.05, 0.1) is 30.2 Å². The fourth-order valence-corrected chi connectivity index (χ4v) is 3.60. The van der Waals surface area contributed by atoms with E-state index in [1.165, 1.54) is 0 Å². The Kier molecular flexibility index (Phi) is 7.51. The Hall–Kier alpha value is -1.55. The largest absolute Gasteiger partial charge is 0.389 e. The Morgan fingerprint density at radius 1 is 1.38 bits per heavy atom. The smallest absolute Gasteiger partial charge is 0.309 e. The summed E-state index contributed by atoms with van der Waals surface area (Å²) in [5.41, 5.74) is 1.37. The lowest BCUT2D eigenvalue weighted by molar-refractivity contribution is -0.129. The van der Waals surface area contributed by atoms with Gasteiger partial charge in [-0.15, -0.1) is 0 Å². The van der Waals surface area contributed by atoms with Gasteiger partial charge in [0.1, 0.15) is 0 Å². The van der Waals surface area contributed by atoms with Crippen molar-refractivity contribution >= 4 is 39.3 Å². The summed E-state index contributed by atoms with van der Waals surface area (Å²) < 4.78 is 38.5. The van der Waals surface area contributed by atoms with Crippen molar-refractivity contribution in [1.29, 1.82) is 0 Å². The molecule has 0 saturated heterocycles. The molecule has 0 saturated carbocycles. The van der Waals surface area contributed by atoms with Gasteiger partial charge in [-0.3, -0.25) is 9.78 Å². The predicted molar refractivity (Wildman–Crippen MR) is 99.7 cm³/mol. The molecule has 10 heteroatoms. The van der Waals surface area contributed by atoms with E-state index in [9.17, 15) is 18.0 Å². The monoisotopic (exact) mass is 450 g/mol. The van der Waals surface area contributed by atoms with Crippen LogP contribution in [0, 0.1) is 0 Å². The molecular weight excluding hydrogens is 433 g/mol. The summed E-state index contributed by atoms with van der Waals surface area (Å²) >= 11 is 4.49. The van der Waals surface area contributed by atoms with Gasteiger partial charge in [-0.1, -0.05) is 0 Å². The van der Waals surface area contributed by atoms with Crippen molar-refractivity contribution in [3.8, 4) is 5.69 Å². The normalized spacial score (nSPS) is 11.6. The molecule has 26 heavy (non-hydrogen) atoms. The first-order valence-corrected chi connectivity index (χ1v) is 9.87. The average molecular weight is 451 g/mol. The third-order valence-corrected chi connectivity index (χ3v) is 5.01. The van der Waals surface area contributed by atoms with Gasteiger partial charge in [-0.05, 0) is 35.0 Å². The highest BCUT2D eigenvalue weighted by Crippen LogP contribution is 2.27. The van der Waals surface area contributed by atoms with E-state index in [0.717, 1.165) is 17.4 Å². The van der Waals surface area contributed by atoms with Crippen LogP contribution in [0.5, 0.6) is 0 Å². The van der Waals surface area contributed by atoms with Crippen molar-refractivity contribution in [2.45, 2.75) is 25.9 Å². The zero-order valence-electron chi connectivity index (χ0n) is 14.0. The molecule has 0 aliphatic carbocycles. The van der Waals surface area contributed by atoms with Crippen molar-refractivity contribution in [2.24, 2.45) is 0 Å². The Balaban J connectivity index is 1.97. The average Bonchev–Trinajstić information content (AvgIpc) is 2.97. The van der Waals surface area contributed by atoms with Gasteiger partial charge in [0.2, 0.25) is 5.91 Å². The van der Waals surface area contributed by atoms with E-state index >= 15 is 0 Å². The molecule has 0 atom stereocenters. The number of thioether (sulfide) groups is 1. The molecule has 0 bridgehead atoms. The highest BCUT2D eigenvalue weighted by molar-refractivity contribution is 9.10. The molecule has 0 spiro atoms. The molecule has 0 aromatic carbocycles. The van der Waals surface area contributed by atoms with Gasteiger partial charge in [0.15, 0.2) is 4.60 Å². The minimum Gasteiger partial charge on any atom is -0.309 e. The van der Waals surface area contributed by atoms with Crippen LogP contribution >= 0.6 is 27.7 Å². The van der Waals surface area contributed by atoms with Gasteiger partial charge in [0.25, 0.3) is 0 Å². The zero-order valence-corrected chi connectivity index (χ0v) is 16.4. The zero-order chi connectivity index (χ0) is 19.2. The van der Waals surface area contributed by atoms with Crippen LogP contribution in [0.1, 0.15) is 19.8 Å². The van der Waals surface area contributed by atoms with E-state index in [0.29, 0.717) is 22.6 Å². The second-order valence-electron chi connectivity index (χ2n) is 5.33. The molecule has 0 aliphatic heterocycles. The van der Waals surface area contributed by atoms with Crippen LogP contribution in [0.4, 0.5) is 18.9 Å². The van der Waals surface area contributed by atoms with Crippen molar-refractivity contribution in [3.63, 3.8) is 0 Å². The van der Waals surface area contributed by atoms with Crippen LogP contribution in [0.2, 0.25) is 0 Å². The molecule has 0 radical (unpaired) electrons. The number of amides is 1. The summed E-state index contributed by atoms with van der Waals surface area (Å²) in [6, 6.07) is 3.62. The van der Waals surface area contributed by atoms with Gasteiger partial charge in [0, 0.05) is 30.7 Å². The molecule has 2 aromatic rings. The van der Waals surface area contributed by atoms with Gasteiger partial charge < -0.3 is 4.90 Å². The molecule has 1 amide bonds. The number of nitrogens with zero attached hydrogens (tertiary/aromatic N) is 4. The lowest BCUT2D eigenvalue weighted by atomic mass is 10.3. The molecule has 5 nitrogen and oxygen atoms in total. The van der Waals surface area contributed by atoms with Gasteiger partial charge in [-0.25, -0.2) is 4.68 Å². The number of halogens is 4. The van der Waals surface area contributed by atoms with Gasteiger partial charge >= 0.3 is 6.18 Å². The molecule has 0 unspecified atom stereocenters. The van der Waals surface area contributed by atoms with Crippen LogP contribution < -0.4 is 4.90 Å². The maximum absolute atomic E-state index is 12.5. The van der Waals surface area contributed by atoms with Crippen LogP contribution in [0.3, 0.4) is 0 Å². The first kappa shape index (κ1) is 20.8. The summed E-state index contributed by atoms with van der Waals surface area (Å²) in [4.78, 5) is 18.1.